The molecule has 0 bridgehead atoms. The fourth-order valence-corrected chi connectivity index (χ4v) is 3.05. The van der Waals surface area contributed by atoms with Crippen molar-refractivity contribution < 1.29 is 9.18 Å². The first-order valence-corrected chi connectivity index (χ1v) is 8.27. The minimum Gasteiger partial charge on any atom is -0.326 e. The number of carbonyl (C=O) groups excluding carboxylic acids is 1. The maximum absolute atomic E-state index is 13.2. The quantitative estimate of drug-likeness (QED) is 0.887. The van der Waals surface area contributed by atoms with E-state index in [1.165, 1.54) is 12.1 Å². The van der Waals surface area contributed by atoms with Crippen molar-refractivity contribution in [2.75, 3.05) is 31.5 Å². The third-order valence-corrected chi connectivity index (χ3v) is 4.28. The van der Waals surface area contributed by atoms with Gasteiger partial charge < -0.3 is 10.6 Å². The van der Waals surface area contributed by atoms with Crippen molar-refractivity contribution in [2.45, 2.75) is 12.5 Å². The second-order valence-electron chi connectivity index (χ2n) is 5.97. The summed E-state index contributed by atoms with van der Waals surface area (Å²) < 4.78 is 13.2. The summed E-state index contributed by atoms with van der Waals surface area (Å²) in [5.41, 5.74) is 1.77. The molecule has 1 heterocycles. The summed E-state index contributed by atoms with van der Waals surface area (Å²) >= 11 is 0. The lowest BCUT2D eigenvalue weighted by atomic mass is 10.0. The van der Waals surface area contributed by atoms with Crippen LogP contribution >= 0.6 is 0 Å². The van der Waals surface area contributed by atoms with Crippen LogP contribution in [0.4, 0.5) is 10.1 Å². The Hall–Kier alpha value is -2.24. The maximum Gasteiger partial charge on any atom is 0.226 e. The highest BCUT2D eigenvalue weighted by Crippen LogP contribution is 2.25. The van der Waals surface area contributed by atoms with Crippen LogP contribution in [0.3, 0.4) is 0 Å². The minimum atomic E-state index is -0.258. The molecular formula is C19H22FN3O. The molecule has 1 unspecified atom stereocenters. The van der Waals surface area contributed by atoms with E-state index in [0.717, 1.165) is 37.4 Å². The zero-order valence-corrected chi connectivity index (χ0v) is 13.5. The molecular weight excluding hydrogens is 305 g/mol. The van der Waals surface area contributed by atoms with Gasteiger partial charge in [0.15, 0.2) is 0 Å². The Morgan fingerprint density at radius 1 is 1.08 bits per heavy atom. The van der Waals surface area contributed by atoms with E-state index in [0.29, 0.717) is 6.42 Å². The molecule has 126 valence electrons. The van der Waals surface area contributed by atoms with E-state index in [9.17, 15) is 9.18 Å². The van der Waals surface area contributed by atoms with Crippen LogP contribution in [0, 0.1) is 5.82 Å². The van der Waals surface area contributed by atoms with Crippen LogP contribution in [0.15, 0.2) is 54.6 Å². The SMILES string of the molecule is O=C(CC(c1ccc(F)cc1)N1CCNCC1)Nc1ccccc1. The first-order chi connectivity index (χ1) is 11.7. The van der Waals surface area contributed by atoms with Gasteiger partial charge >= 0.3 is 0 Å². The van der Waals surface area contributed by atoms with Crippen molar-refractivity contribution >= 4 is 11.6 Å². The number of hydrogen-bond donors (Lipinski definition) is 2. The van der Waals surface area contributed by atoms with Gasteiger partial charge in [-0.25, -0.2) is 4.39 Å². The van der Waals surface area contributed by atoms with Crippen molar-refractivity contribution in [3.8, 4) is 0 Å². The summed E-state index contributed by atoms with van der Waals surface area (Å²) in [6, 6.07) is 15.9. The predicted molar refractivity (Wildman–Crippen MR) is 93.3 cm³/mol. The number of nitrogens with zero attached hydrogens (tertiary/aromatic N) is 1. The number of anilines is 1. The van der Waals surface area contributed by atoms with Gasteiger partial charge in [-0.3, -0.25) is 9.69 Å². The number of para-hydroxylation sites is 1. The van der Waals surface area contributed by atoms with E-state index >= 15 is 0 Å². The number of hydrogen-bond acceptors (Lipinski definition) is 3. The van der Waals surface area contributed by atoms with E-state index in [1.807, 2.05) is 30.3 Å². The monoisotopic (exact) mass is 327 g/mol. The van der Waals surface area contributed by atoms with Gasteiger partial charge in [0.25, 0.3) is 0 Å². The highest BCUT2D eigenvalue weighted by atomic mass is 19.1. The number of rotatable bonds is 5. The molecule has 5 heteroatoms. The Morgan fingerprint density at radius 3 is 2.42 bits per heavy atom. The third kappa shape index (κ3) is 4.40. The normalized spacial score (nSPS) is 16.5. The highest BCUT2D eigenvalue weighted by Gasteiger charge is 2.24. The van der Waals surface area contributed by atoms with Crippen molar-refractivity contribution in [1.82, 2.24) is 10.2 Å². The number of amides is 1. The van der Waals surface area contributed by atoms with Crippen molar-refractivity contribution in [1.29, 1.82) is 0 Å². The van der Waals surface area contributed by atoms with E-state index in [4.69, 9.17) is 0 Å². The molecule has 4 nitrogen and oxygen atoms in total. The zero-order chi connectivity index (χ0) is 16.8. The smallest absolute Gasteiger partial charge is 0.226 e. The molecule has 1 aliphatic heterocycles. The molecule has 1 fully saturated rings. The summed E-state index contributed by atoms with van der Waals surface area (Å²) in [7, 11) is 0. The average molecular weight is 327 g/mol. The molecule has 1 aliphatic rings. The number of nitrogens with one attached hydrogen (secondary N) is 2. The van der Waals surface area contributed by atoms with Gasteiger partial charge in [-0.1, -0.05) is 30.3 Å². The molecule has 1 saturated heterocycles. The summed E-state index contributed by atoms with van der Waals surface area (Å²) in [6.07, 6.45) is 0.348. The number of piperazine rings is 1. The van der Waals surface area contributed by atoms with Crippen LogP contribution in [-0.2, 0) is 4.79 Å². The fourth-order valence-electron chi connectivity index (χ4n) is 3.05. The van der Waals surface area contributed by atoms with Crippen LogP contribution in [0.5, 0.6) is 0 Å². The Kier molecular flexibility index (Phi) is 5.56. The lowest BCUT2D eigenvalue weighted by molar-refractivity contribution is -0.117. The van der Waals surface area contributed by atoms with Crippen LogP contribution in [0.25, 0.3) is 0 Å². The highest BCUT2D eigenvalue weighted by molar-refractivity contribution is 5.91. The van der Waals surface area contributed by atoms with Crippen LogP contribution in [0.1, 0.15) is 18.0 Å². The molecule has 3 rings (SSSR count). The molecule has 24 heavy (non-hydrogen) atoms. The Balaban J connectivity index is 1.73. The molecule has 0 aromatic heterocycles. The van der Waals surface area contributed by atoms with Gasteiger partial charge in [0.05, 0.1) is 0 Å². The van der Waals surface area contributed by atoms with Gasteiger partial charge in [0.1, 0.15) is 5.82 Å². The van der Waals surface area contributed by atoms with Crippen LogP contribution < -0.4 is 10.6 Å². The van der Waals surface area contributed by atoms with Gasteiger partial charge in [-0.2, -0.15) is 0 Å². The van der Waals surface area contributed by atoms with Crippen LogP contribution in [-0.4, -0.2) is 37.0 Å². The predicted octanol–water partition coefficient (Wildman–Crippen LogP) is 2.80. The molecule has 2 aromatic rings. The summed E-state index contributed by atoms with van der Waals surface area (Å²) in [4.78, 5) is 14.8. The Labute approximate surface area is 141 Å². The van der Waals surface area contributed by atoms with E-state index in [2.05, 4.69) is 15.5 Å². The van der Waals surface area contributed by atoms with E-state index in [1.54, 1.807) is 12.1 Å². The minimum absolute atomic E-state index is 0.0333. The summed E-state index contributed by atoms with van der Waals surface area (Å²) in [5.74, 6) is -0.291. The topological polar surface area (TPSA) is 44.4 Å². The first-order valence-electron chi connectivity index (χ1n) is 8.27. The molecule has 1 amide bonds. The van der Waals surface area contributed by atoms with Gasteiger partial charge in [-0.15, -0.1) is 0 Å². The molecule has 0 radical (unpaired) electrons. The third-order valence-electron chi connectivity index (χ3n) is 4.28. The summed E-state index contributed by atoms with van der Waals surface area (Å²) in [5, 5.41) is 6.26. The van der Waals surface area contributed by atoms with Crippen LogP contribution in [0.2, 0.25) is 0 Å². The largest absolute Gasteiger partial charge is 0.326 e. The average Bonchev–Trinajstić information content (AvgIpc) is 2.62. The standard InChI is InChI=1S/C19H22FN3O/c20-16-8-6-15(7-9-16)18(23-12-10-21-11-13-23)14-19(24)22-17-4-2-1-3-5-17/h1-9,18,21H,10-14H2,(H,22,24). The molecule has 0 saturated carbocycles. The second kappa shape index (κ2) is 8.04. The Bertz CT molecular complexity index is 654. The molecule has 2 aromatic carbocycles. The Morgan fingerprint density at radius 2 is 1.75 bits per heavy atom. The number of halogens is 1. The lowest BCUT2D eigenvalue weighted by Gasteiger charge is -2.35. The molecule has 2 N–H and O–H groups in total. The summed E-state index contributed by atoms with van der Waals surface area (Å²) in [6.45, 7) is 3.55. The first kappa shape index (κ1) is 16.6. The number of benzene rings is 2. The molecule has 1 atom stereocenters. The lowest BCUT2D eigenvalue weighted by Crippen LogP contribution is -2.45. The second-order valence-corrected chi connectivity index (χ2v) is 5.97. The maximum atomic E-state index is 13.2. The van der Waals surface area contributed by atoms with Crippen molar-refractivity contribution in [3.63, 3.8) is 0 Å². The number of carbonyl (C=O) groups is 1. The molecule has 0 spiro atoms. The zero-order valence-electron chi connectivity index (χ0n) is 13.5. The van der Waals surface area contributed by atoms with E-state index in [-0.39, 0.29) is 17.8 Å². The van der Waals surface area contributed by atoms with Crippen molar-refractivity contribution in [2.24, 2.45) is 0 Å². The van der Waals surface area contributed by atoms with Gasteiger partial charge in [0, 0.05) is 44.3 Å². The fraction of sp³-hybridized carbons (Fsp3) is 0.316. The van der Waals surface area contributed by atoms with Gasteiger partial charge in [0.2, 0.25) is 5.91 Å². The van der Waals surface area contributed by atoms with Crippen molar-refractivity contribution in [3.05, 3.63) is 66.0 Å². The van der Waals surface area contributed by atoms with Gasteiger partial charge in [-0.05, 0) is 29.8 Å². The molecule has 0 aliphatic carbocycles. The van der Waals surface area contributed by atoms with E-state index < -0.39 is 0 Å².